The summed E-state index contributed by atoms with van der Waals surface area (Å²) in [5.41, 5.74) is 11.6. The number of nitrogens with zero attached hydrogens (tertiary/aromatic N) is 4. The van der Waals surface area contributed by atoms with E-state index in [1.165, 1.54) is 11.8 Å². The van der Waals surface area contributed by atoms with Crippen LogP contribution in [0.2, 0.25) is 0 Å². The highest BCUT2D eigenvalue weighted by Crippen LogP contribution is 2.20. The predicted octanol–water partition coefficient (Wildman–Crippen LogP) is 3.20. The van der Waals surface area contributed by atoms with Crippen molar-refractivity contribution in [1.82, 2.24) is 5.48 Å². The van der Waals surface area contributed by atoms with E-state index < -0.39 is 12.0 Å². The van der Waals surface area contributed by atoms with E-state index in [4.69, 9.17) is 5.53 Å². The molecular weight excluding hydrogens is 274 g/mol. The summed E-state index contributed by atoms with van der Waals surface area (Å²) in [6.07, 6.45) is 0. The summed E-state index contributed by atoms with van der Waals surface area (Å²) in [4.78, 5) is 31.8. The third kappa shape index (κ3) is 4.55. The molecule has 0 bridgehead atoms. The number of nitrogens with one attached hydrogen (secondary N) is 1. The highest BCUT2D eigenvalue weighted by Gasteiger charge is 2.15. The van der Waals surface area contributed by atoms with Crippen LogP contribution in [-0.4, -0.2) is 18.5 Å². The Hall–Kier alpha value is -2.99. The second-order valence-electron chi connectivity index (χ2n) is 4.03. The molecule has 0 fully saturated rings. The molecule has 0 aliphatic carbocycles. The Labute approximate surface area is 121 Å². The van der Waals surface area contributed by atoms with Crippen LogP contribution in [0, 0.1) is 0 Å². The summed E-state index contributed by atoms with van der Waals surface area (Å²) in [5, 5.41) is 3.44. The van der Waals surface area contributed by atoms with Crippen molar-refractivity contribution in [3.05, 3.63) is 46.9 Å². The second-order valence-corrected chi connectivity index (χ2v) is 4.03. The molecular formula is C13H15N5O3. The molecule has 0 saturated heterocycles. The molecule has 1 aromatic carbocycles. The Morgan fingerprint density at radius 1 is 1.43 bits per heavy atom. The Morgan fingerprint density at radius 3 is 2.52 bits per heavy atom. The first-order chi connectivity index (χ1) is 9.99. The van der Waals surface area contributed by atoms with Crippen LogP contribution in [0.5, 0.6) is 0 Å². The van der Waals surface area contributed by atoms with Gasteiger partial charge in [0, 0.05) is 28.4 Å². The first-order valence-electron chi connectivity index (χ1n) is 6.09. The second kappa shape index (κ2) is 7.56. The summed E-state index contributed by atoms with van der Waals surface area (Å²) >= 11 is 0. The van der Waals surface area contributed by atoms with Crippen molar-refractivity contribution >= 4 is 23.4 Å². The van der Waals surface area contributed by atoms with Crippen molar-refractivity contribution in [3.8, 4) is 0 Å². The lowest BCUT2D eigenvalue weighted by Gasteiger charge is -2.20. The van der Waals surface area contributed by atoms with E-state index in [1.807, 2.05) is 5.48 Å². The molecule has 2 amide bonds. The number of carbonyl (C=O) groups is 2. The summed E-state index contributed by atoms with van der Waals surface area (Å²) in [5.74, 6) is -0.710. The van der Waals surface area contributed by atoms with E-state index >= 15 is 0 Å². The molecule has 110 valence electrons. The molecule has 0 saturated carbocycles. The minimum atomic E-state index is -0.710. The normalized spacial score (nSPS) is 9.24. The number of hydrogen-bond acceptors (Lipinski definition) is 4. The van der Waals surface area contributed by atoms with Crippen LogP contribution in [0.3, 0.4) is 0 Å². The van der Waals surface area contributed by atoms with Crippen molar-refractivity contribution < 1.29 is 14.4 Å². The smallest absolute Gasteiger partial charge is 0.334 e. The van der Waals surface area contributed by atoms with Gasteiger partial charge in [-0.1, -0.05) is 23.8 Å². The maximum Gasteiger partial charge on any atom is 0.358 e. The minimum Gasteiger partial charge on any atom is -0.334 e. The Morgan fingerprint density at radius 2 is 2.05 bits per heavy atom. The fourth-order valence-electron chi connectivity index (χ4n) is 1.43. The van der Waals surface area contributed by atoms with Gasteiger partial charge in [-0.25, -0.2) is 9.59 Å². The summed E-state index contributed by atoms with van der Waals surface area (Å²) in [6, 6.07) is 5.79. The molecule has 0 radical (unpaired) electrons. The molecule has 1 rings (SSSR count). The first kappa shape index (κ1) is 16.1. The monoisotopic (exact) mass is 289 g/mol. The fraction of sp³-hybridized carbons (Fsp3) is 0.231. The van der Waals surface area contributed by atoms with Gasteiger partial charge >= 0.3 is 12.0 Å². The third-order valence-corrected chi connectivity index (χ3v) is 2.46. The Bertz CT molecular complexity index is 590. The zero-order valence-electron chi connectivity index (χ0n) is 11.7. The van der Waals surface area contributed by atoms with Gasteiger partial charge in [0.25, 0.3) is 0 Å². The van der Waals surface area contributed by atoms with E-state index in [0.29, 0.717) is 17.9 Å². The molecule has 0 spiro atoms. The maximum absolute atomic E-state index is 11.9. The van der Waals surface area contributed by atoms with Gasteiger partial charge < -0.3 is 4.84 Å². The van der Waals surface area contributed by atoms with Crippen LogP contribution in [-0.2, 0) is 9.63 Å². The third-order valence-electron chi connectivity index (χ3n) is 2.46. The quantitative estimate of drug-likeness (QED) is 0.302. The number of azide groups is 1. The van der Waals surface area contributed by atoms with Crippen molar-refractivity contribution in [2.75, 3.05) is 11.4 Å². The molecule has 0 aromatic heterocycles. The predicted molar refractivity (Wildman–Crippen MR) is 77.7 cm³/mol. The molecule has 1 aromatic rings. The zero-order valence-corrected chi connectivity index (χ0v) is 11.7. The average molecular weight is 289 g/mol. The SMILES string of the molecule is C=C(C)C(=O)ONC(=O)N(CC)c1ccc(N=[N+]=[N-])cc1. The van der Waals surface area contributed by atoms with E-state index in [9.17, 15) is 9.59 Å². The van der Waals surface area contributed by atoms with Gasteiger partial charge in [0.1, 0.15) is 0 Å². The van der Waals surface area contributed by atoms with Crippen LogP contribution in [0.4, 0.5) is 16.2 Å². The zero-order chi connectivity index (χ0) is 15.8. The number of benzene rings is 1. The van der Waals surface area contributed by atoms with E-state index in [1.54, 1.807) is 31.2 Å². The lowest BCUT2D eigenvalue weighted by molar-refractivity contribution is -0.143. The lowest BCUT2D eigenvalue weighted by Crippen LogP contribution is -2.41. The number of amides is 2. The van der Waals surface area contributed by atoms with Gasteiger partial charge in [-0.05, 0) is 31.5 Å². The number of rotatable bonds is 4. The van der Waals surface area contributed by atoms with Crippen molar-refractivity contribution in [3.63, 3.8) is 0 Å². The molecule has 0 aliphatic heterocycles. The molecule has 0 heterocycles. The number of urea groups is 1. The van der Waals surface area contributed by atoms with Gasteiger partial charge in [-0.15, -0.1) is 0 Å². The molecule has 8 nitrogen and oxygen atoms in total. The van der Waals surface area contributed by atoms with Crippen LogP contribution in [0.15, 0.2) is 41.5 Å². The summed E-state index contributed by atoms with van der Waals surface area (Å²) < 4.78 is 0. The van der Waals surface area contributed by atoms with E-state index in [2.05, 4.69) is 21.4 Å². The minimum absolute atomic E-state index is 0.178. The van der Waals surface area contributed by atoms with Crippen LogP contribution in [0.25, 0.3) is 10.4 Å². The van der Waals surface area contributed by atoms with Crippen molar-refractivity contribution in [1.29, 1.82) is 0 Å². The average Bonchev–Trinajstić information content (AvgIpc) is 2.47. The highest BCUT2D eigenvalue weighted by atomic mass is 16.7. The Balaban J connectivity index is 2.77. The van der Waals surface area contributed by atoms with Crippen LogP contribution < -0.4 is 10.4 Å². The van der Waals surface area contributed by atoms with E-state index in [0.717, 1.165) is 0 Å². The standard InChI is InChI=1S/C13H15N5O3/c1-4-18(13(20)16-21-12(19)9(2)3)11-7-5-10(6-8-11)15-17-14/h5-8H,2,4H2,1,3H3,(H,16,20). The van der Waals surface area contributed by atoms with Crippen LogP contribution in [0.1, 0.15) is 13.8 Å². The molecule has 0 unspecified atom stereocenters. The van der Waals surface area contributed by atoms with Gasteiger partial charge in [0.05, 0.1) is 0 Å². The van der Waals surface area contributed by atoms with Gasteiger partial charge in [-0.3, -0.25) is 4.90 Å². The van der Waals surface area contributed by atoms with Crippen molar-refractivity contribution in [2.45, 2.75) is 13.8 Å². The molecule has 0 aliphatic rings. The number of anilines is 1. The van der Waals surface area contributed by atoms with Crippen molar-refractivity contribution in [2.24, 2.45) is 5.11 Å². The maximum atomic E-state index is 11.9. The Kier molecular flexibility index (Phi) is 5.79. The first-order valence-corrected chi connectivity index (χ1v) is 6.09. The topological polar surface area (TPSA) is 107 Å². The van der Waals surface area contributed by atoms with E-state index in [-0.39, 0.29) is 5.57 Å². The van der Waals surface area contributed by atoms with Crippen LogP contribution >= 0.6 is 0 Å². The van der Waals surface area contributed by atoms with Gasteiger partial charge in [-0.2, -0.15) is 5.48 Å². The molecule has 1 N–H and O–H groups in total. The number of hydrogen-bond donors (Lipinski definition) is 1. The highest BCUT2D eigenvalue weighted by molar-refractivity contribution is 5.93. The molecule has 21 heavy (non-hydrogen) atoms. The summed E-state index contributed by atoms with van der Waals surface area (Å²) in [7, 11) is 0. The fourth-order valence-corrected chi connectivity index (χ4v) is 1.43. The van der Waals surface area contributed by atoms with Gasteiger partial charge in [0.15, 0.2) is 0 Å². The van der Waals surface area contributed by atoms with Gasteiger partial charge in [0.2, 0.25) is 0 Å². The molecule has 8 heteroatoms. The number of hydroxylamine groups is 1. The largest absolute Gasteiger partial charge is 0.358 e. The number of carbonyl (C=O) groups excluding carboxylic acids is 2. The summed E-state index contributed by atoms with van der Waals surface area (Å²) in [6.45, 7) is 7.00. The molecule has 0 atom stereocenters. The lowest BCUT2D eigenvalue weighted by atomic mass is 10.2.